The molecule has 1 aliphatic rings. The lowest BCUT2D eigenvalue weighted by atomic mass is 10.1. The SMILES string of the molecule is Oc1ccccc1-n1nc(Br)c2c1CNCC2. The molecule has 0 saturated heterocycles. The fraction of sp³-hybridized carbons (Fsp3) is 0.250. The first-order valence-electron chi connectivity index (χ1n) is 5.52. The summed E-state index contributed by atoms with van der Waals surface area (Å²) in [6, 6.07) is 7.24. The Balaban J connectivity index is 2.19. The maximum atomic E-state index is 9.88. The van der Waals surface area contributed by atoms with E-state index in [-0.39, 0.29) is 5.75 Å². The molecule has 0 amide bonds. The predicted octanol–water partition coefficient (Wildman–Crippen LogP) is 1.99. The summed E-state index contributed by atoms with van der Waals surface area (Å²) in [6.45, 7) is 1.75. The molecule has 1 aliphatic heterocycles. The van der Waals surface area contributed by atoms with Gasteiger partial charge in [-0.05, 0) is 41.0 Å². The number of aromatic nitrogens is 2. The van der Waals surface area contributed by atoms with Gasteiger partial charge in [0.1, 0.15) is 16.0 Å². The molecule has 0 fully saturated rings. The lowest BCUT2D eigenvalue weighted by molar-refractivity contribution is 0.468. The highest BCUT2D eigenvalue weighted by atomic mass is 79.9. The van der Waals surface area contributed by atoms with Crippen molar-refractivity contribution in [3.05, 3.63) is 40.1 Å². The van der Waals surface area contributed by atoms with Gasteiger partial charge in [0, 0.05) is 12.1 Å². The Morgan fingerprint density at radius 2 is 2.18 bits per heavy atom. The van der Waals surface area contributed by atoms with Crippen LogP contribution < -0.4 is 5.32 Å². The van der Waals surface area contributed by atoms with E-state index < -0.39 is 0 Å². The van der Waals surface area contributed by atoms with E-state index in [1.54, 1.807) is 10.7 Å². The van der Waals surface area contributed by atoms with E-state index in [4.69, 9.17) is 0 Å². The zero-order valence-corrected chi connectivity index (χ0v) is 10.7. The molecule has 1 aromatic heterocycles. The largest absolute Gasteiger partial charge is 0.506 e. The van der Waals surface area contributed by atoms with Crippen LogP contribution in [0.5, 0.6) is 5.75 Å². The van der Waals surface area contributed by atoms with Gasteiger partial charge in [-0.2, -0.15) is 5.10 Å². The normalized spacial score (nSPS) is 14.6. The van der Waals surface area contributed by atoms with Crippen molar-refractivity contribution in [1.82, 2.24) is 15.1 Å². The highest BCUT2D eigenvalue weighted by Crippen LogP contribution is 2.28. The lowest BCUT2D eigenvalue weighted by Crippen LogP contribution is -2.25. The van der Waals surface area contributed by atoms with Crippen LogP contribution in [0.15, 0.2) is 28.9 Å². The van der Waals surface area contributed by atoms with E-state index >= 15 is 0 Å². The van der Waals surface area contributed by atoms with Gasteiger partial charge >= 0.3 is 0 Å². The fourth-order valence-electron chi connectivity index (χ4n) is 2.15. The molecule has 5 heteroatoms. The van der Waals surface area contributed by atoms with Crippen LogP contribution in [-0.4, -0.2) is 21.4 Å². The zero-order valence-electron chi connectivity index (χ0n) is 9.15. The molecule has 2 N–H and O–H groups in total. The fourth-order valence-corrected chi connectivity index (χ4v) is 2.73. The summed E-state index contributed by atoms with van der Waals surface area (Å²) >= 11 is 3.48. The molecule has 2 aromatic rings. The minimum atomic E-state index is 0.246. The van der Waals surface area contributed by atoms with E-state index in [1.807, 2.05) is 18.2 Å². The number of rotatable bonds is 1. The second-order valence-corrected chi connectivity index (χ2v) is 4.79. The summed E-state index contributed by atoms with van der Waals surface area (Å²) in [5.41, 5.74) is 3.06. The van der Waals surface area contributed by atoms with Gasteiger partial charge in [-0.15, -0.1) is 0 Å². The topological polar surface area (TPSA) is 50.1 Å². The Labute approximate surface area is 107 Å². The maximum Gasteiger partial charge on any atom is 0.141 e. The number of hydrogen-bond donors (Lipinski definition) is 2. The van der Waals surface area contributed by atoms with Crippen molar-refractivity contribution in [3.63, 3.8) is 0 Å². The van der Waals surface area contributed by atoms with Crippen molar-refractivity contribution < 1.29 is 5.11 Å². The Morgan fingerprint density at radius 3 is 3.00 bits per heavy atom. The molecule has 88 valence electrons. The van der Waals surface area contributed by atoms with E-state index in [0.29, 0.717) is 0 Å². The first-order chi connectivity index (χ1) is 8.27. The number of hydrogen-bond acceptors (Lipinski definition) is 3. The first-order valence-corrected chi connectivity index (χ1v) is 6.32. The van der Waals surface area contributed by atoms with Crippen molar-refractivity contribution in [3.8, 4) is 11.4 Å². The Bertz CT molecular complexity index is 565. The molecule has 2 heterocycles. The van der Waals surface area contributed by atoms with Gasteiger partial charge in [0.2, 0.25) is 0 Å². The summed E-state index contributed by atoms with van der Waals surface area (Å²) < 4.78 is 2.68. The summed E-state index contributed by atoms with van der Waals surface area (Å²) in [5, 5.41) is 17.7. The van der Waals surface area contributed by atoms with Crippen molar-refractivity contribution >= 4 is 15.9 Å². The molecule has 3 rings (SSSR count). The van der Waals surface area contributed by atoms with Crippen molar-refractivity contribution in [2.45, 2.75) is 13.0 Å². The summed E-state index contributed by atoms with van der Waals surface area (Å²) in [5.74, 6) is 0.246. The molecular formula is C12H12BrN3O. The minimum absolute atomic E-state index is 0.246. The molecule has 0 unspecified atom stereocenters. The number of halogens is 1. The third-order valence-electron chi connectivity index (χ3n) is 2.99. The molecular weight excluding hydrogens is 282 g/mol. The minimum Gasteiger partial charge on any atom is -0.506 e. The number of phenolic OH excluding ortho intramolecular Hbond substituents is 1. The van der Waals surface area contributed by atoms with Crippen LogP contribution in [0, 0.1) is 0 Å². The van der Waals surface area contributed by atoms with Crippen molar-refractivity contribution in [2.24, 2.45) is 0 Å². The highest BCUT2D eigenvalue weighted by Gasteiger charge is 2.20. The molecule has 4 nitrogen and oxygen atoms in total. The van der Waals surface area contributed by atoms with E-state index in [9.17, 15) is 5.11 Å². The lowest BCUT2D eigenvalue weighted by Gasteiger charge is -2.15. The zero-order chi connectivity index (χ0) is 11.8. The van der Waals surface area contributed by atoms with Gasteiger partial charge in [-0.1, -0.05) is 12.1 Å². The van der Waals surface area contributed by atoms with Crippen LogP contribution >= 0.6 is 15.9 Å². The average molecular weight is 294 g/mol. The number of nitrogens with zero attached hydrogens (tertiary/aromatic N) is 2. The summed E-state index contributed by atoms with van der Waals surface area (Å²) in [6.07, 6.45) is 0.962. The van der Waals surface area contributed by atoms with Crippen molar-refractivity contribution in [1.29, 1.82) is 0 Å². The van der Waals surface area contributed by atoms with Crippen LogP contribution in [0.3, 0.4) is 0 Å². The molecule has 0 saturated carbocycles. The van der Waals surface area contributed by atoms with Crippen LogP contribution in [0.1, 0.15) is 11.3 Å². The van der Waals surface area contributed by atoms with Gasteiger partial charge in [0.15, 0.2) is 0 Å². The van der Waals surface area contributed by atoms with Gasteiger partial charge in [-0.25, -0.2) is 4.68 Å². The Kier molecular flexibility index (Phi) is 2.64. The van der Waals surface area contributed by atoms with Gasteiger partial charge < -0.3 is 10.4 Å². The first kappa shape index (κ1) is 10.8. The van der Waals surface area contributed by atoms with Crippen molar-refractivity contribution in [2.75, 3.05) is 6.54 Å². The average Bonchev–Trinajstić information content (AvgIpc) is 2.68. The number of phenols is 1. The second kappa shape index (κ2) is 4.16. The number of aromatic hydroxyl groups is 1. The van der Waals surface area contributed by atoms with Gasteiger partial charge in [0.05, 0.1) is 5.69 Å². The molecule has 0 atom stereocenters. The highest BCUT2D eigenvalue weighted by molar-refractivity contribution is 9.10. The molecule has 0 spiro atoms. The summed E-state index contributed by atoms with van der Waals surface area (Å²) in [4.78, 5) is 0. The van der Waals surface area contributed by atoms with Crippen LogP contribution in [-0.2, 0) is 13.0 Å². The quantitative estimate of drug-likeness (QED) is 0.845. The number of fused-ring (bicyclic) bond motifs is 1. The Morgan fingerprint density at radius 1 is 1.35 bits per heavy atom. The third kappa shape index (κ3) is 1.75. The molecule has 1 aromatic carbocycles. The van der Waals surface area contributed by atoms with Gasteiger partial charge in [0.25, 0.3) is 0 Å². The van der Waals surface area contributed by atoms with Gasteiger partial charge in [-0.3, -0.25) is 0 Å². The van der Waals surface area contributed by atoms with Crippen LogP contribution in [0.25, 0.3) is 5.69 Å². The molecule has 17 heavy (non-hydrogen) atoms. The summed E-state index contributed by atoms with van der Waals surface area (Å²) in [7, 11) is 0. The number of benzene rings is 1. The van der Waals surface area contributed by atoms with E-state index in [0.717, 1.165) is 35.5 Å². The molecule has 0 radical (unpaired) electrons. The monoisotopic (exact) mass is 293 g/mol. The smallest absolute Gasteiger partial charge is 0.141 e. The van der Waals surface area contributed by atoms with E-state index in [2.05, 4.69) is 26.3 Å². The predicted molar refractivity (Wildman–Crippen MR) is 68.3 cm³/mol. The Hall–Kier alpha value is -1.33. The maximum absolute atomic E-state index is 9.88. The number of nitrogens with one attached hydrogen (secondary N) is 1. The van der Waals surface area contributed by atoms with Crippen LogP contribution in [0.4, 0.5) is 0 Å². The third-order valence-corrected chi connectivity index (χ3v) is 3.63. The van der Waals surface area contributed by atoms with E-state index in [1.165, 1.54) is 5.56 Å². The second-order valence-electron chi connectivity index (χ2n) is 4.04. The van der Waals surface area contributed by atoms with Crippen LogP contribution in [0.2, 0.25) is 0 Å². The molecule has 0 aliphatic carbocycles. The standard InChI is InChI=1S/C12H12BrN3O/c13-12-8-5-6-14-7-10(8)16(15-12)9-3-1-2-4-11(9)17/h1-4,14,17H,5-7H2. The number of para-hydroxylation sites is 2. The molecule has 0 bridgehead atoms.